The summed E-state index contributed by atoms with van der Waals surface area (Å²) in [6.07, 6.45) is 6.51. The molecule has 0 bridgehead atoms. The monoisotopic (exact) mass is 337 g/mol. The molecule has 1 aromatic carbocycles. The molecule has 0 aliphatic heterocycles. The maximum Gasteiger partial charge on any atom is 0.248 e. The van der Waals surface area contributed by atoms with E-state index in [1.165, 1.54) is 6.08 Å². The summed E-state index contributed by atoms with van der Waals surface area (Å²) in [7, 11) is 0. The van der Waals surface area contributed by atoms with E-state index in [-0.39, 0.29) is 5.91 Å². The molecule has 0 saturated heterocycles. The summed E-state index contributed by atoms with van der Waals surface area (Å²) in [5, 5.41) is 16.1. The number of nitriles is 1. The van der Waals surface area contributed by atoms with Crippen molar-refractivity contribution >= 4 is 17.7 Å². The molecule has 6 heteroatoms. The zero-order valence-electron chi connectivity index (χ0n) is 14.6. The van der Waals surface area contributed by atoms with E-state index in [9.17, 15) is 4.79 Å². The van der Waals surface area contributed by atoms with Crippen LogP contribution in [0.2, 0.25) is 0 Å². The summed E-state index contributed by atoms with van der Waals surface area (Å²) in [5.74, 6) is -0.254. The van der Waals surface area contributed by atoms with Gasteiger partial charge < -0.3 is 10.2 Å². The Hall–Kier alpha value is -2.91. The van der Waals surface area contributed by atoms with Crippen molar-refractivity contribution in [3.8, 4) is 6.07 Å². The minimum absolute atomic E-state index is 0.254. The molecular formula is C19H23N5O. The van der Waals surface area contributed by atoms with Crippen LogP contribution >= 0.6 is 0 Å². The summed E-state index contributed by atoms with van der Waals surface area (Å²) < 4.78 is 1.82. The first-order valence-electron chi connectivity index (χ1n) is 8.39. The fourth-order valence-electron chi connectivity index (χ4n) is 2.43. The number of rotatable bonds is 8. The molecule has 0 radical (unpaired) electrons. The van der Waals surface area contributed by atoms with Crippen molar-refractivity contribution in [2.45, 2.75) is 20.4 Å². The zero-order chi connectivity index (χ0) is 18.1. The Balaban J connectivity index is 1.91. The highest BCUT2D eigenvalue weighted by atomic mass is 16.1. The number of carbonyl (C=O) groups is 1. The third kappa shape index (κ3) is 5.59. The summed E-state index contributed by atoms with van der Waals surface area (Å²) >= 11 is 0. The fraction of sp³-hybridized carbons (Fsp3) is 0.316. The minimum atomic E-state index is -0.254. The van der Waals surface area contributed by atoms with Crippen molar-refractivity contribution in [3.05, 3.63) is 53.9 Å². The predicted molar refractivity (Wildman–Crippen MR) is 98.8 cm³/mol. The summed E-state index contributed by atoms with van der Waals surface area (Å²) in [5.41, 5.74) is 1.91. The average molecular weight is 337 g/mol. The van der Waals surface area contributed by atoms with Crippen LogP contribution in [-0.4, -0.2) is 40.2 Å². The van der Waals surface area contributed by atoms with Gasteiger partial charge >= 0.3 is 0 Å². The number of carbonyl (C=O) groups excluding carboxylic acids is 1. The molecule has 2 aromatic rings. The maximum atomic E-state index is 12.0. The van der Waals surface area contributed by atoms with E-state index in [1.807, 2.05) is 16.9 Å². The van der Waals surface area contributed by atoms with Gasteiger partial charge in [-0.1, -0.05) is 32.0 Å². The molecule has 130 valence electrons. The lowest BCUT2D eigenvalue weighted by molar-refractivity contribution is -0.111. The number of aromatic nitrogens is 2. The summed E-state index contributed by atoms with van der Waals surface area (Å²) in [4.78, 5) is 14.3. The van der Waals surface area contributed by atoms with E-state index in [0.29, 0.717) is 11.3 Å². The molecule has 0 spiro atoms. The van der Waals surface area contributed by atoms with Gasteiger partial charge in [0.25, 0.3) is 0 Å². The van der Waals surface area contributed by atoms with Gasteiger partial charge in [-0.2, -0.15) is 10.4 Å². The van der Waals surface area contributed by atoms with Gasteiger partial charge in [0.05, 0.1) is 30.1 Å². The lowest BCUT2D eigenvalue weighted by Crippen LogP contribution is -2.27. The Morgan fingerprint density at radius 3 is 2.84 bits per heavy atom. The number of anilines is 1. The average Bonchev–Trinajstić information content (AvgIpc) is 3.08. The highest BCUT2D eigenvalue weighted by Gasteiger charge is 2.04. The fourth-order valence-corrected chi connectivity index (χ4v) is 2.43. The van der Waals surface area contributed by atoms with Crippen LogP contribution in [0.3, 0.4) is 0 Å². The molecule has 1 amide bonds. The number of hydrogen-bond donors (Lipinski definition) is 1. The molecule has 1 aromatic heterocycles. The molecule has 0 saturated carbocycles. The quantitative estimate of drug-likeness (QED) is 0.752. The first-order valence-corrected chi connectivity index (χ1v) is 8.39. The van der Waals surface area contributed by atoms with Crippen LogP contribution in [0.5, 0.6) is 0 Å². The van der Waals surface area contributed by atoms with Gasteiger partial charge in [0.2, 0.25) is 5.91 Å². The molecule has 25 heavy (non-hydrogen) atoms. The zero-order valence-corrected chi connectivity index (χ0v) is 14.6. The van der Waals surface area contributed by atoms with Crippen LogP contribution in [0.4, 0.5) is 5.69 Å². The second kappa shape index (κ2) is 9.40. The van der Waals surface area contributed by atoms with Gasteiger partial charge in [0.1, 0.15) is 0 Å². The Labute approximate surface area is 148 Å². The van der Waals surface area contributed by atoms with Crippen molar-refractivity contribution in [3.63, 3.8) is 0 Å². The van der Waals surface area contributed by atoms with Crippen LogP contribution < -0.4 is 5.32 Å². The molecule has 2 rings (SSSR count). The van der Waals surface area contributed by atoms with Crippen molar-refractivity contribution in [1.82, 2.24) is 14.7 Å². The number of hydrogen-bond acceptors (Lipinski definition) is 4. The number of likely N-dealkylation sites (N-methyl/N-ethyl adjacent to an activating group) is 1. The van der Waals surface area contributed by atoms with Crippen LogP contribution in [0.15, 0.2) is 42.7 Å². The van der Waals surface area contributed by atoms with E-state index in [2.05, 4.69) is 35.2 Å². The lowest BCUT2D eigenvalue weighted by Gasteiger charge is -2.17. The third-order valence-corrected chi connectivity index (χ3v) is 3.94. The third-order valence-electron chi connectivity index (χ3n) is 3.94. The van der Waals surface area contributed by atoms with Gasteiger partial charge in [-0.25, -0.2) is 0 Å². The van der Waals surface area contributed by atoms with Crippen molar-refractivity contribution < 1.29 is 4.79 Å². The molecule has 0 unspecified atom stereocenters. The van der Waals surface area contributed by atoms with Crippen LogP contribution in [0.1, 0.15) is 25.0 Å². The molecule has 1 N–H and O–H groups in total. The molecule has 0 atom stereocenters. The first-order chi connectivity index (χ1) is 12.2. The summed E-state index contributed by atoms with van der Waals surface area (Å²) in [6, 6.07) is 9.25. The second-order valence-corrected chi connectivity index (χ2v) is 5.54. The standard InChI is InChI=1S/C19H23N5O/c1-3-23(4-2)11-12-24-15-18(14-21-24)22-19(25)10-9-16-7-5-6-8-17(16)13-20/h5-10,14-15H,3-4,11-12H2,1-2H3,(H,22,25)/b10-9-. The highest BCUT2D eigenvalue weighted by Crippen LogP contribution is 2.10. The van der Waals surface area contributed by atoms with Crippen molar-refractivity contribution in [1.29, 1.82) is 5.26 Å². The normalized spacial score (nSPS) is 11.0. The van der Waals surface area contributed by atoms with Gasteiger partial charge in [-0.05, 0) is 30.8 Å². The maximum absolute atomic E-state index is 12.0. The van der Waals surface area contributed by atoms with Gasteiger partial charge in [-0.15, -0.1) is 0 Å². The van der Waals surface area contributed by atoms with Crippen molar-refractivity contribution in [2.75, 3.05) is 25.0 Å². The van der Waals surface area contributed by atoms with Crippen LogP contribution in [-0.2, 0) is 11.3 Å². The van der Waals surface area contributed by atoms with E-state index in [4.69, 9.17) is 5.26 Å². The molecule has 0 aliphatic rings. The topological polar surface area (TPSA) is 73.9 Å². The highest BCUT2D eigenvalue weighted by molar-refractivity contribution is 6.01. The van der Waals surface area contributed by atoms with Crippen LogP contribution in [0, 0.1) is 11.3 Å². The molecular weight excluding hydrogens is 314 g/mol. The Morgan fingerprint density at radius 2 is 2.12 bits per heavy atom. The van der Waals surface area contributed by atoms with E-state index >= 15 is 0 Å². The molecule has 6 nitrogen and oxygen atoms in total. The Morgan fingerprint density at radius 1 is 1.36 bits per heavy atom. The summed E-state index contributed by atoms with van der Waals surface area (Å²) in [6.45, 7) is 7.99. The van der Waals surface area contributed by atoms with E-state index < -0.39 is 0 Å². The predicted octanol–water partition coefficient (Wildman–Crippen LogP) is 2.75. The van der Waals surface area contributed by atoms with E-state index in [1.54, 1.807) is 30.5 Å². The second-order valence-electron chi connectivity index (χ2n) is 5.54. The SMILES string of the molecule is CCN(CC)CCn1cc(NC(=O)/C=C\c2ccccc2C#N)cn1. The van der Waals surface area contributed by atoms with E-state index in [0.717, 1.165) is 31.7 Å². The van der Waals surface area contributed by atoms with Crippen molar-refractivity contribution in [2.24, 2.45) is 0 Å². The number of benzene rings is 1. The Bertz CT molecular complexity index is 768. The smallest absolute Gasteiger partial charge is 0.248 e. The molecule has 0 aliphatic carbocycles. The van der Waals surface area contributed by atoms with Gasteiger partial charge in [-0.3, -0.25) is 9.48 Å². The largest absolute Gasteiger partial charge is 0.320 e. The first kappa shape index (κ1) is 18.4. The van der Waals surface area contributed by atoms with Gasteiger partial charge in [0.15, 0.2) is 0 Å². The minimum Gasteiger partial charge on any atom is -0.320 e. The Kier molecular flexibility index (Phi) is 6.93. The lowest BCUT2D eigenvalue weighted by atomic mass is 10.1. The number of nitrogens with zero attached hydrogens (tertiary/aromatic N) is 4. The molecule has 1 heterocycles. The molecule has 0 fully saturated rings. The van der Waals surface area contributed by atoms with Crippen LogP contribution in [0.25, 0.3) is 6.08 Å². The number of nitrogens with one attached hydrogen (secondary N) is 1. The van der Waals surface area contributed by atoms with Gasteiger partial charge in [0, 0.05) is 18.8 Å². The number of amides is 1.